The third kappa shape index (κ3) is 5.72. The first-order chi connectivity index (χ1) is 13.2. The number of carbonyl (C=O) groups is 3. The quantitative estimate of drug-likeness (QED) is 0.579. The second-order valence-corrected chi connectivity index (χ2v) is 7.64. The van der Waals surface area contributed by atoms with Crippen LogP contribution in [0.5, 0.6) is 0 Å². The van der Waals surface area contributed by atoms with E-state index in [2.05, 4.69) is 26.6 Å². The highest BCUT2D eigenvalue weighted by atomic mass is 79.9. The highest BCUT2D eigenvalue weighted by Gasteiger charge is 2.24. The SMILES string of the molecule is CCOC(=O)C1=C(NC(=O)Nc2cc(C(=O)OC(C)C)c(Br)cc2Cl)CCC1. The number of hydrogen-bond acceptors (Lipinski definition) is 5. The molecule has 1 aliphatic carbocycles. The smallest absolute Gasteiger partial charge is 0.339 e. The van der Waals surface area contributed by atoms with Gasteiger partial charge >= 0.3 is 18.0 Å². The van der Waals surface area contributed by atoms with Gasteiger partial charge in [0.15, 0.2) is 0 Å². The Morgan fingerprint density at radius 2 is 1.89 bits per heavy atom. The number of anilines is 1. The van der Waals surface area contributed by atoms with Crippen LogP contribution in [0.1, 0.15) is 50.4 Å². The summed E-state index contributed by atoms with van der Waals surface area (Å²) in [5.74, 6) is -0.958. The van der Waals surface area contributed by atoms with Gasteiger partial charge < -0.3 is 20.1 Å². The Kier molecular flexibility index (Phi) is 7.88. The van der Waals surface area contributed by atoms with Crippen molar-refractivity contribution in [2.45, 2.75) is 46.1 Å². The highest BCUT2D eigenvalue weighted by molar-refractivity contribution is 9.10. The lowest BCUT2D eigenvalue weighted by molar-refractivity contribution is -0.138. The molecule has 1 aromatic rings. The summed E-state index contributed by atoms with van der Waals surface area (Å²) in [6.45, 7) is 5.48. The number of nitrogens with one attached hydrogen (secondary N) is 2. The van der Waals surface area contributed by atoms with E-state index in [4.69, 9.17) is 21.1 Å². The van der Waals surface area contributed by atoms with Crippen LogP contribution in [0.15, 0.2) is 27.9 Å². The number of rotatable bonds is 6. The van der Waals surface area contributed by atoms with Crippen molar-refractivity contribution in [1.29, 1.82) is 0 Å². The number of benzene rings is 1. The molecule has 0 bridgehead atoms. The third-order valence-electron chi connectivity index (χ3n) is 3.87. The van der Waals surface area contributed by atoms with Crippen molar-refractivity contribution in [3.8, 4) is 0 Å². The zero-order valence-electron chi connectivity index (χ0n) is 15.9. The molecule has 0 unspecified atom stereocenters. The van der Waals surface area contributed by atoms with Gasteiger partial charge in [-0.15, -0.1) is 0 Å². The van der Waals surface area contributed by atoms with Crippen LogP contribution in [0.4, 0.5) is 10.5 Å². The summed E-state index contributed by atoms with van der Waals surface area (Å²) in [4.78, 5) is 36.6. The van der Waals surface area contributed by atoms with Crippen molar-refractivity contribution < 1.29 is 23.9 Å². The first-order valence-corrected chi connectivity index (χ1v) is 10.1. The molecular formula is C19H22BrClN2O5. The number of amides is 2. The second-order valence-electron chi connectivity index (χ2n) is 6.38. The molecule has 0 aromatic heterocycles. The Hall–Kier alpha value is -2.06. The molecule has 0 radical (unpaired) electrons. The summed E-state index contributed by atoms with van der Waals surface area (Å²) in [6, 6.07) is 2.38. The van der Waals surface area contributed by atoms with Crippen LogP contribution in [0.3, 0.4) is 0 Å². The van der Waals surface area contributed by atoms with Gasteiger partial charge in [0.25, 0.3) is 0 Å². The first-order valence-electron chi connectivity index (χ1n) is 8.90. The van der Waals surface area contributed by atoms with Gasteiger partial charge in [-0.1, -0.05) is 11.6 Å². The molecule has 2 rings (SSSR count). The molecule has 9 heteroatoms. The maximum absolute atomic E-state index is 12.4. The maximum Gasteiger partial charge on any atom is 0.339 e. The number of allylic oxidation sites excluding steroid dienone is 1. The minimum absolute atomic E-state index is 0.237. The van der Waals surface area contributed by atoms with E-state index in [1.54, 1.807) is 20.8 Å². The first kappa shape index (κ1) is 22.2. The van der Waals surface area contributed by atoms with Gasteiger partial charge in [-0.2, -0.15) is 0 Å². The number of esters is 2. The Balaban J connectivity index is 2.16. The van der Waals surface area contributed by atoms with Crippen LogP contribution in [0, 0.1) is 0 Å². The number of urea groups is 1. The van der Waals surface area contributed by atoms with E-state index in [1.165, 1.54) is 12.1 Å². The van der Waals surface area contributed by atoms with Gasteiger partial charge in [0.05, 0.1) is 34.6 Å². The Morgan fingerprint density at radius 3 is 2.54 bits per heavy atom. The van der Waals surface area contributed by atoms with Crippen LogP contribution in [0.25, 0.3) is 0 Å². The molecular weight excluding hydrogens is 452 g/mol. The van der Waals surface area contributed by atoms with Crippen LogP contribution in [0.2, 0.25) is 5.02 Å². The van der Waals surface area contributed by atoms with Gasteiger partial charge in [0.1, 0.15) is 0 Å². The number of ether oxygens (including phenoxy) is 2. The molecule has 0 atom stereocenters. The van der Waals surface area contributed by atoms with Crippen molar-refractivity contribution in [2.24, 2.45) is 0 Å². The molecule has 0 spiro atoms. The molecule has 0 heterocycles. The monoisotopic (exact) mass is 472 g/mol. The third-order valence-corrected chi connectivity index (χ3v) is 4.84. The summed E-state index contributed by atoms with van der Waals surface area (Å²) < 4.78 is 10.7. The summed E-state index contributed by atoms with van der Waals surface area (Å²) in [7, 11) is 0. The Bertz CT molecular complexity index is 823. The van der Waals surface area contributed by atoms with E-state index in [0.717, 1.165) is 6.42 Å². The zero-order valence-corrected chi connectivity index (χ0v) is 18.2. The molecule has 0 saturated heterocycles. The molecule has 2 amide bonds. The predicted molar refractivity (Wildman–Crippen MR) is 109 cm³/mol. The van der Waals surface area contributed by atoms with E-state index >= 15 is 0 Å². The fourth-order valence-electron chi connectivity index (χ4n) is 2.69. The Labute approximate surface area is 176 Å². The molecule has 152 valence electrons. The summed E-state index contributed by atoms with van der Waals surface area (Å²) in [6.07, 6.45) is 1.60. The molecule has 1 aliphatic rings. The number of carbonyl (C=O) groups excluding carboxylic acids is 3. The average molecular weight is 474 g/mol. The molecule has 0 saturated carbocycles. The van der Waals surface area contributed by atoms with Gasteiger partial charge in [0, 0.05) is 10.2 Å². The van der Waals surface area contributed by atoms with Crippen molar-refractivity contribution >= 4 is 51.2 Å². The lowest BCUT2D eigenvalue weighted by Gasteiger charge is -2.14. The molecule has 0 aliphatic heterocycles. The Morgan fingerprint density at radius 1 is 1.18 bits per heavy atom. The second kappa shape index (κ2) is 9.93. The fourth-order valence-corrected chi connectivity index (χ4v) is 3.54. The maximum atomic E-state index is 12.4. The lowest BCUT2D eigenvalue weighted by Crippen LogP contribution is -2.29. The largest absolute Gasteiger partial charge is 0.463 e. The lowest BCUT2D eigenvalue weighted by atomic mass is 10.2. The topological polar surface area (TPSA) is 93.7 Å². The normalized spacial score (nSPS) is 13.5. The van der Waals surface area contributed by atoms with Crippen LogP contribution < -0.4 is 10.6 Å². The van der Waals surface area contributed by atoms with E-state index in [0.29, 0.717) is 28.6 Å². The standard InChI is InChI=1S/C19H22BrClN2O5/c1-4-27-17(24)11-6-5-7-15(11)22-19(26)23-16-8-12(13(20)9-14(16)21)18(25)28-10(2)3/h8-10H,4-7H2,1-3H3,(H2,22,23,26). The highest BCUT2D eigenvalue weighted by Crippen LogP contribution is 2.31. The molecule has 2 N–H and O–H groups in total. The van der Waals surface area contributed by atoms with Crippen LogP contribution >= 0.6 is 27.5 Å². The zero-order chi connectivity index (χ0) is 20.8. The summed E-state index contributed by atoms with van der Waals surface area (Å²) in [5.41, 5.74) is 1.48. The van der Waals surface area contributed by atoms with Gasteiger partial charge in [-0.05, 0) is 68.1 Å². The van der Waals surface area contributed by atoms with Crippen molar-refractivity contribution in [1.82, 2.24) is 5.32 Å². The number of halogens is 2. The van der Waals surface area contributed by atoms with E-state index < -0.39 is 18.0 Å². The van der Waals surface area contributed by atoms with E-state index in [1.807, 2.05) is 0 Å². The van der Waals surface area contributed by atoms with Crippen LogP contribution in [-0.4, -0.2) is 30.7 Å². The van der Waals surface area contributed by atoms with Crippen molar-refractivity contribution in [3.05, 3.63) is 38.5 Å². The minimum Gasteiger partial charge on any atom is -0.463 e. The molecule has 28 heavy (non-hydrogen) atoms. The van der Waals surface area contributed by atoms with E-state index in [-0.39, 0.29) is 29.0 Å². The average Bonchev–Trinajstić information content (AvgIpc) is 3.04. The van der Waals surface area contributed by atoms with Gasteiger partial charge in [0.2, 0.25) is 0 Å². The fraction of sp³-hybridized carbons (Fsp3) is 0.421. The molecule has 0 fully saturated rings. The molecule has 1 aromatic carbocycles. The van der Waals surface area contributed by atoms with Gasteiger partial charge in [-0.25, -0.2) is 14.4 Å². The number of hydrogen-bond donors (Lipinski definition) is 2. The van der Waals surface area contributed by atoms with E-state index in [9.17, 15) is 14.4 Å². The van der Waals surface area contributed by atoms with Crippen molar-refractivity contribution in [3.63, 3.8) is 0 Å². The molecule has 7 nitrogen and oxygen atoms in total. The predicted octanol–water partition coefficient (Wildman–Crippen LogP) is 4.79. The van der Waals surface area contributed by atoms with Gasteiger partial charge in [-0.3, -0.25) is 0 Å². The summed E-state index contributed by atoms with van der Waals surface area (Å²) in [5, 5.41) is 5.53. The summed E-state index contributed by atoms with van der Waals surface area (Å²) >= 11 is 9.46. The van der Waals surface area contributed by atoms with Crippen molar-refractivity contribution in [2.75, 3.05) is 11.9 Å². The van der Waals surface area contributed by atoms with Crippen LogP contribution in [-0.2, 0) is 14.3 Å². The minimum atomic E-state index is -0.564.